The lowest BCUT2D eigenvalue weighted by Gasteiger charge is -2.49. The van der Waals surface area contributed by atoms with Gasteiger partial charge in [-0.05, 0) is 32.2 Å². The summed E-state index contributed by atoms with van der Waals surface area (Å²) in [6.45, 7) is 4.44. The third-order valence-corrected chi connectivity index (χ3v) is 4.86. The molecular formula is C15H27N5. The second-order valence-corrected chi connectivity index (χ2v) is 6.29. The Labute approximate surface area is 121 Å². The predicted octanol–water partition coefficient (Wildman–Crippen LogP) is 1.35. The van der Waals surface area contributed by atoms with Gasteiger partial charge in [0.05, 0.1) is 0 Å². The molecule has 0 aliphatic carbocycles. The van der Waals surface area contributed by atoms with E-state index in [-0.39, 0.29) is 0 Å². The molecule has 1 aromatic heterocycles. The lowest BCUT2D eigenvalue weighted by atomic mass is 9.81. The Morgan fingerprint density at radius 1 is 1.30 bits per heavy atom. The Hall–Kier alpha value is -0.940. The van der Waals surface area contributed by atoms with Gasteiger partial charge in [-0.3, -0.25) is 9.58 Å². The molecule has 3 rings (SSSR count). The van der Waals surface area contributed by atoms with Crippen LogP contribution in [0.3, 0.4) is 0 Å². The Morgan fingerprint density at radius 3 is 2.65 bits per heavy atom. The van der Waals surface area contributed by atoms with Crippen LogP contribution in [0.4, 0.5) is 0 Å². The van der Waals surface area contributed by atoms with Crippen molar-refractivity contribution >= 4 is 0 Å². The summed E-state index contributed by atoms with van der Waals surface area (Å²) in [7, 11) is 1.94. The van der Waals surface area contributed by atoms with Crippen molar-refractivity contribution in [3.8, 4) is 0 Å². The first kappa shape index (κ1) is 14.0. The summed E-state index contributed by atoms with van der Waals surface area (Å²) in [4.78, 5) is 7.10. The number of rotatable bonds is 5. The molecule has 2 saturated heterocycles. The molecular weight excluding hydrogens is 250 g/mol. The number of hydrogen-bond acceptors (Lipinski definition) is 4. The van der Waals surface area contributed by atoms with E-state index < -0.39 is 0 Å². The van der Waals surface area contributed by atoms with Crippen LogP contribution in [0.15, 0.2) is 6.33 Å². The van der Waals surface area contributed by atoms with Crippen LogP contribution in [0.5, 0.6) is 0 Å². The molecule has 20 heavy (non-hydrogen) atoms. The summed E-state index contributed by atoms with van der Waals surface area (Å²) in [6.07, 6.45) is 9.57. The summed E-state index contributed by atoms with van der Waals surface area (Å²) in [5, 5.41) is 8.06. The molecule has 2 aliphatic heterocycles. The van der Waals surface area contributed by atoms with Crippen molar-refractivity contribution < 1.29 is 0 Å². The van der Waals surface area contributed by atoms with Crippen LogP contribution >= 0.6 is 0 Å². The Morgan fingerprint density at radius 2 is 2.05 bits per heavy atom. The van der Waals surface area contributed by atoms with E-state index in [0.29, 0.717) is 0 Å². The number of aromatic nitrogens is 3. The summed E-state index contributed by atoms with van der Waals surface area (Å²) < 4.78 is 1.80. The van der Waals surface area contributed by atoms with Crippen LogP contribution in [0.1, 0.15) is 44.9 Å². The third-order valence-electron chi connectivity index (χ3n) is 4.86. The van der Waals surface area contributed by atoms with Crippen LogP contribution in [0, 0.1) is 0 Å². The number of fused-ring (bicyclic) bond motifs is 2. The van der Waals surface area contributed by atoms with Crippen LogP contribution in [-0.4, -0.2) is 50.9 Å². The minimum Gasteiger partial charge on any atom is -0.314 e. The maximum atomic E-state index is 4.40. The number of aryl methyl sites for hydroxylation is 1. The van der Waals surface area contributed by atoms with E-state index in [0.717, 1.165) is 43.5 Å². The van der Waals surface area contributed by atoms with E-state index >= 15 is 0 Å². The molecule has 112 valence electrons. The highest BCUT2D eigenvalue weighted by Gasteiger charge is 2.37. The van der Waals surface area contributed by atoms with Gasteiger partial charge >= 0.3 is 0 Å². The van der Waals surface area contributed by atoms with E-state index in [2.05, 4.69) is 27.2 Å². The largest absolute Gasteiger partial charge is 0.314 e. The molecule has 1 N–H and O–H groups in total. The summed E-state index contributed by atoms with van der Waals surface area (Å²) in [6, 6.07) is 2.28. The average Bonchev–Trinajstić information content (AvgIpc) is 2.82. The average molecular weight is 277 g/mol. The molecule has 1 aromatic rings. The molecule has 0 radical (unpaired) electrons. The maximum absolute atomic E-state index is 4.40. The fraction of sp³-hybridized carbons (Fsp3) is 0.867. The van der Waals surface area contributed by atoms with Crippen molar-refractivity contribution in [1.82, 2.24) is 25.0 Å². The quantitative estimate of drug-likeness (QED) is 0.882. The fourth-order valence-electron chi connectivity index (χ4n) is 4.03. The van der Waals surface area contributed by atoms with Gasteiger partial charge in [0.2, 0.25) is 0 Å². The van der Waals surface area contributed by atoms with E-state index in [1.54, 1.807) is 11.0 Å². The molecule has 2 aliphatic rings. The summed E-state index contributed by atoms with van der Waals surface area (Å²) in [5.74, 6) is 0.986. The van der Waals surface area contributed by atoms with Crippen LogP contribution < -0.4 is 5.32 Å². The monoisotopic (exact) mass is 277 g/mol. The highest BCUT2D eigenvalue weighted by molar-refractivity contribution is 4.96. The van der Waals surface area contributed by atoms with Gasteiger partial charge in [0.1, 0.15) is 6.33 Å². The summed E-state index contributed by atoms with van der Waals surface area (Å²) >= 11 is 0. The van der Waals surface area contributed by atoms with Gasteiger partial charge in [-0.15, -0.1) is 0 Å². The Balaban J connectivity index is 1.59. The lowest BCUT2D eigenvalue weighted by Crippen LogP contribution is -2.56. The van der Waals surface area contributed by atoms with Crippen molar-refractivity contribution in [2.24, 2.45) is 7.05 Å². The molecule has 5 nitrogen and oxygen atoms in total. The zero-order chi connectivity index (χ0) is 13.9. The molecule has 0 aromatic carbocycles. The number of piperidine rings is 2. The summed E-state index contributed by atoms with van der Waals surface area (Å²) in [5.41, 5.74) is 0. The number of nitrogens with zero attached hydrogens (tertiary/aromatic N) is 4. The lowest BCUT2D eigenvalue weighted by molar-refractivity contribution is 0.0256. The van der Waals surface area contributed by atoms with Gasteiger partial charge in [-0.1, -0.05) is 13.3 Å². The van der Waals surface area contributed by atoms with Crippen molar-refractivity contribution in [2.45, 2.75) is 63.6 Å². The highest BCUT2D eigenvalue weighted by Crippen LogP contribution is 2.33. The van der Waals surface area contributed by atoms with E-state index in [9.17, 15) is 0 Å². The number of hydrogen-bond donors (Lipinski definition) is 1. The Bertz CT molecular complexity index is 416. The molecule has 0 spiro atoms. The highest BCUT2D eigenvalue weighted by atomic mass is 15.3. The predicted molar refractivity (Wildman–Crippen MR) is 79.5 cm³/mol. The zero-order valence-electron chi connectivity index (χ0n) is 12.8. The first-order valence-corrected chi connectivity index (χ1v) is 8.10. The van der Waals surface area contributed by atoms with Gasteiger partial charge < -0.3 is 5.32 Å². The topological polar surface area (TPSA) is 46.0 Å². The molecule has 2 fully saturated rings. The zero-order valence-corrected chi connectivity index (χ0v) is 12.8. The molecule has 2 unspecified atom stereocenters. The van der Waals surface area contributed by atoms with Crippen LogP contribution in [0.2, 0.25) is 0 Å². The fourth-order valence-corrected chi connectivity index (χ4v) is 4.03. The first-order valence-electron chi connectivity index (χ1n) is 8.10. The van der Waals surface area contributed by atoms with Crippen molar-refractivity contribution in [3.05, 3.63) is 12.2 Å². The van der Waals surface area contributed by atoms with Gasteiger partial charge in [-0.25, -0.2) is 4.98 Å². The normalized spacial score (nSPS) is 30.6. The Kier molecular flexibility index (Phi) is 4.36. The van der Waals surface area contributed by atoms with E-state index in [4.69, 9.17) is 0 Å². The van der Waals surface area contributed by atoms with Gasteiger partial charge in [-0.2, -0.15) is 5.10 Å². The van der Waals surface area contributed by atoms with Gasteiger partial charge in [0.15, 0.2) is 5.82 Å². The van der Waals surface area contributed by atoms with Crippen molar-refractivity contribution in [2.75, 3.05) is 13.1 Å². The van der Waals surface area contributed by atoms with E-state index in [1.807, 2.05) is 7.05 Å². The van der Waals surface area contributed by atoms with Gasteiger partial charge in [0, 0.05) is 38.1 Å². The third kappa shape index (κ3) is 3.04. The molecule has 3 heterocycles. The second kappa shape index (κ2) is 6.22. The van der Waals surface area contributed by atoms with Crippen LogP contribution in [0.25, 0.3) is 0 Å². The van der Waals surface area contributed by atoms with E-state index in [1.165, 1.54) is 32.1 Å². The maximum Gasteiger partial charge on any atom is 0.151 e. The minimum atomic E-state index is 0.736. The van der Waals surface area contributed by atoms with Crippen LogP contribution in [-0.2, 0) is 13.5 Å². The first-order chi connectivity index (χ1) is 9.76. The smallest absolute Gasteiger partial charge is 0.151 e. The molecule has 0 saturated carbocycles. The number of nitrogens with one attached hydrogen (secondary N) is 1. The van der Waals surface area contributed by atoms with Crippen molar-refractivity contribution in [1.29, 1.82) is 0 Å². The SMILES string of the molecule is CCNC1CC2CCCC(C1)N2CCc1ncn(C)n1. The van der Waals surface area contributed by atoms with Gasteiger partial charge in [0.25, 0.3) is 0 Å². The van der Waals surface area contributed by atoms with Crippen molar-refractivity contribution in [3.63, 3.8) is 0 Å². The molecule has 5 heteroatoms. The molecule has 0 amide bonds. The molecule has 2 atom stereocenters. The minimum absolute atomic E-state index is 0.736. The molecule has 2 bridgehead atoms. The second-order valence-electron chi connectivity index (χ2n) is 6.29. The standard InChI is InChI=1S/C15H27N5/c1-3-16-12-9-13-5-4-6-14(10-12)20(13)8-7-15-17-11-19(2)18-15/h11-14,16H,3-10H2,1-2H3.